The summed E-state index contributed by atoms with van der Waals surface area (Å²) in [6, 6.07) is 5.61. The quantitative estimate of drug-likeness (QED) is 0.472. The minimum Gasteiger partial charge on any atom is -0.476 e. The highest BCUT2D eigenvalue weighted by molar-refractivity contribution is 7.98. The van der Waals surface area contributed by atoms with Crippen LogP contribution in [0, 0.1) is 0 Å². The Bertz CT molecular complexity index is 478. The van der Waals surface area contributed by atoms with Crippen LogP contribution in [0.25, 0.3) is 0 Å². The lowest BCUT2D eigenvalue weighted by Gasteiger charge is -2.06. The summed E-state index contributed by atoms with van der Waals surface area (Å²) in [5.74, 6) is 0.650. The third-order valence-electron chi connectivity index (χ3n) is 2.36. The zero-order valence-electron chi connectivity index (χ0n) is 10.7. The molecule has 19 heavy (non-hydrogen) atoms. The first-order chi connectivity index (χ1) is 9.38. The number of hydrogen-bond donors (Lipinski definition) is 1. The molecule has 0 spiro atoms. The fourth-order valence-electron chi connectivity index (χ4n) is 1.43. The Morgan fingerprint density at radius 3 is 2.74 bits per heavy atom. The van der Waals surface area contributed by atoms with Crippen molar-refractivity contribution in [3.05, 3.63) is 42.4 Å². The molecule has 0 fully saturated rings. The Kier molecular flexibility index (Phi) is 5.58. The second-order valence-electron chi connectivity index (χ2n) is 3.77. The summed E-state index contributed by atoms with van der Waals surface area (Å²) in [5, 5.41) is 4.06. The van der Waals surface area contributed by atoms with Gasteiger partial charge in [0.2, 0.25) is 5.88 Å². The molecule has 0 saturated heterocycles. The Balaban J connectivity index is 1.63. The first-order valence-electron chi connectivity index (χ1n) is 5.98. The second-order valence-corrected chi connectivity index (χ2v) is 4.54. The Morgan fingerprint density at radius 2 is 2.05 bits per heavy atom. The standard InChI is InChI=1S/C13H16N4OS/c1-19-13-16-9-11(10-17-13)8-14-6-7-18-12-4-2-3-5-15-12/h2-5,9-10,14H,6-8H2,1H3. The van der Waals surface area contributed by atoms with E-state index in [2.05, 4.69) is 20.3 Å². The molecule has 0 saturated carbocycles. The molecule has 2 heterocycles. The van der Waals surface area contributed by atoms with Crippen molar-refractivity contribution in [2.75, 3.05) is 19.4 Å². The van der Waals surface area contributed by atoms with Crippen LogP contribution in [-0.2, 0) is 6.54 Å². The summed E-state index contributed by atoms with van der Waals surface area (Å²) < 4.78 is 5.47. The SMILES string of the molecule is CSc1ncc(CNCCOc2ccccn2)cn1. The fraction of sp³-hybridized carbons (Fsp3) is 0.308. The van der Waals surface area contributed by atoms with Gasteiger partial charge in [0.1, 0.15) is 6.61 Å². The van der Waals surface area contributed by atoms with Gasteiger partial charge in [0.05, 0.1) is 0 Å². The lowest BCUT2D eigenvalue weighted by atomic mass is 10.3. The van der Waals surface area contributed by atoms with Gasteiger partial charge < -0.3 is 10.1 Å². The highest BCUT2D eigenvalue weighted by Gasteiger charge is 1.97. The van der Waals surface area contributed by atoms with Gasteiger partial charge >= 0.3 is 0 Å². The van der Waals surface area contributed by atoms with E-state index in [0.717, 1.165) is 23.8 Å². The largest absolute Gasteiger partial charge is 0.476 e. The molecule has 0 aliphatic carbocycles. The van der Waals surface area contributed by atoms with Gasteiger partial charge in [-0.2, -0.15) is 0 Å². The van der Waals surface area contributed by atoms with Crippen LogP contribution in [0.2, 0.25) is 0 Å². The van der Waals surface area contributed by atoms with E-state index in [1.807, 2.05) is 36.8 Å². The molecule has 0 bridgehead atoms. The minimum atomic E-state index is 0.584. The maximum Gasteiger partial charge on any atom is 0.213 e. The van der Waals surface area contributed by atoms with Gasteiger partial charge in [-0.25, -0.2) is 15.0 Å². The molecule has 2 aromatic rings. The summed E-state index contributed by atoms with van der Waals surface area (Å²) >= 11 is 1.54. The molecule has 0 atom stereocenters. The molecule has 2 aromatic heterocycles. The number of hydrogen-bond acceptors (Lipinski definition) is 6. The zero-order valence-corrected chi connectivity index (χ0v) is 11.6. The second kappa shape index (κ2) is 7.70. The number of nitrogens with zero attached hydrogens (tertiary/aromatic N) is 3. The summed E-state index contributed by atoms with van der Waals surface area (Å²) in [6.07, 6.45) is 7.35. The minimum absolute atomic E-state index is 0.584. The molecule has 0 aliphatic heterocycles. The molecule has 1 N–H and O–H groups in total. The lowest BCUT2D eigenvalue weighted by Crippen LogP contribution is -2.21. The van der Waals surface area contributed by atoms with E-state index >= 15 is 0 Å². The third kappa shape index (κ3) is 4.84. The third-order valence-corrected chi connectivity index (χ3v) is 2.94. The van der Waals surface area contributed by atoms with E-state index in [1.54, 1.807) is 6.20 Å². The lowest BCUT2D eigenvalue weighted by molar-refractivity contribution is 0.302. The van der Waals surface area contributed by atoms with Crippen molar-refractivity contribution in [3.63, 3.8) is 0 Å². The first-order valence-corrected chi connectivity index (χ1v) is 7.20. The van der Waals surface area contributed by atoms with Crippen LogP contribution in [0.15, 0.2) is 41.9 Å². The van der Waals surface area contributed by atoms with Crippen molar-refractivity contribution in [3.8, 4) is 5.88 Å². The summed E-state index contributed by atoms with van der Waals surface area (Å²) in [6.45, 7) is 2.07. The average Bonchev–Trinajstić information content (AvgIpc) is 2.49. The highest BCUT2D eigenvalue weighted by Crippen LogP contribution is 2.06. The molecule has 6 heteroatoms. The Morgan fingerprint density at radius 1 is 1.21 bits per heavy atom. The molecule has 0 aliphatic rings. The summed E-state index contributed by atoms with van der Waals surface area (Å²) in [4.78, 5) is 12.5. The normalized spacial score (nSPS) is 10.4. The van der Waals surface area contributed by atoms with Gasteiger partial charge in [-0.3, -0.25) is 0 Å². The van der Waals surface area contributed by atoms with Crippen LogP contribution >= 0.6 is 11.8 Å². The van der Waals surface area contributed by atoms with Gasteiger partial charge in [0.15, 0.2) is 5.16 Å². The Hall–Kier alpha value is -1.66. The predicted octanol–water partition coefficient (Wildman–Crippen LogP) is 1.76. The van der Waals surface area contributed by atoms with Crippen molar-refractivity contribution in [1.82, 2.24) is 20.3 Å². The smallest absolute Gasteiger partial charge is 0.213 e. The van der Waals surface area contributed by atoms with Gasteiger partial charge in [-0.05, 0) is 12.3 Å². The van der Waals surface area contributed by atoms with E-state index in [9.17, 15) is 0 Å². The number of thioether (sulfide) groups is 1. The molecule has 2 rings (SSSR count). The first kappa shape index (κ1) is 13.8. The zero-order chi connectivity index (χ0) is 13.3. The molecular formula is C13H16N4OS. The summed E-state index contributed by atoms with van der Waals surface area (Å²) in [5.41, 5.74) is 1.07. The van der Waals surface area contributed by atoms with Crippen molar-refractivity contribution in [2.45, 2.75) is 11.7 Å². The van der Waals surface area contributed by atoms with Crippen LogP contribution in [0.1, 0.15) is 5.56 Å². The van der Waals surface area contributed by atoms with E-state index in [1.165, 1.54) is 11.8 Å². The molecule has 0 unspecified atom stereocenters. The number of nitrogens with one attached hydrogen (secondary N) is 1. The van der Waals surface area contributed by atoms with Crippen LogP contribution in [0.5, 0.6) is 5.88 Å². The van der Waals surface area contributed by atoms with Crippen LogP contribution < -0.4 is 10.1 Å². The topological polar surface area (TPSA) is 59.9 Å². The number of aromatic nitrogens is 3. The Labute approximate surface area is 116 Å². The van der Waals surface area contributed by atoms with Crippen LogP contribution in [0.3, 0.4) is 0 Å². The molecule has 100 valence electrons. The van der Waals surface area contributed by atoms with E-state index < -0.39 is 0 Å². The molecule has 5 nitrogen and oxygen atoms in total. The van der Waals surface area contributed by atoms with Crippen molar-refractivity contribution in [2.24, 2.45) is 0 Å². The number of rotatable bonds is 7. The monoisotopic (exact) mass is 276 g/mol. The van der Waals surface area contributed by atoms with Crippen molar-refractivity contribution < 1.29 is 4.74 Å². The number of ether oxygens (including phenoxy) is 1. The molecule has 0 amide bonds. The molecule has 0 aromatic carbocycles. The molecular weight excluding hydrogens is 260 g/mol. The van der Waals surface area contributed by atoms with Gasteiger partial charge in [-0.15, -0.1) is 0 Å². The average molecular weight is 276 g/mol. The van der Waals surface area contributed by atoms with Crippen molar-refractivity contribution >= 4 is 11.8 Å². The molecule has 0 radical (unpaired) electrons. The predicted molar refractivity (Wildman–Crippen MR) is 75.3 cm³/mol. The van der Waals surface area contributed by atoms with E-state index in [-0.39, 0.29) is 0 Å². The van der Waals surface area contributed by atoms with Crippen LogP contribution in [-0.4, -0.2) is 34.4 Å². The van der Waals surface area contributed by atoms with Crippen LogP contribution in [0.4, 0.5) is 0 Å². The highest BCUT2D eigenvalue weighted by atomic mass is 32.2. The van der Waals surface area contributed by atoms with Gasteiger partial charge in [-0.1, -0.05) is 17.8 Å². The fourth-order valence-corrected chi connectivity index (χ4v) is 1.75. The van der Waals surface area contributed by atoms with Crippen molar-refractivity contribution in [1.29, 1.82) is 0 Å². The van der Waals surface area contributed by atoms with E-state index in [4.69, 9.17) is 4.74 Å². The maximum absolute atomic E-state index is 5.47. The maximum atomic E-state index is 5.47. The number of pyridine rings is 1. The van der Waals surface area contributed by atoms with Gasteiger partial charge in [0, 0.05) is 43.3 Å². The van der Waals surface area contributed by atoms with Gasteiger partial charge in [0.25, 0.3) is 0 Å². The van der Waals surface area contributed by atoms with E-state index in [0.29, 0.717) is 12.5 Å². The summed E-state index contributed by atoms with van der Waals surface area (Å²) in [7, 11) is 0.